The molecule has 126 valence electrons. The molecular weight excluding hydrogens is 359 g/mol. The van der Waals surface area contributed by atoms with Crippen molar-refractivity contribution in [3.8, 4) is 0 Å². The highest BCUT2D eigenvalue weighted by Crippen LogP contribution is 2.29. The normalized spacial score (nSPS) is 12.0. The average molecular weight is 378 g/mol. The van der Waals surface area contributed by atoms with Crippen molar-refractivity contribution in [1.29, 1.82) is 0 Å². The summed E-state index contributed by atoms with van der Waals surface area (Å²) < 4.78 is 1.88. The summed E-state index contributed by atoms with van der Waals surface area (Å²) in [5, 5.41) is 8.76. The van der Waals surface area contributed by atoms with Gasteiger partial charge < -0.3 is 11.5 Å². The molecule has 4 N–H and O–H groups in total. The van der Waals surface area contributed by atoms with E-state index in [4.69, 9.17) is 23.1 Å². The van der Waals surface area contributed by atoms with Gasteiger partial charge in [0.2, 0.25) is 0 Å². The molecule has 2 aromatic heterocycles. The van der Waals surface area contributed by atoms with Crippen LogP contribution in [0.5, 0.6) is 0 Å². The molecule has 3 rings (SSSR count). The molecule has 0 amide bonds. The van der Waals surface area contributed by atoms with Crippen molar-refractivity contribution < 1.29 is 0 Å². The maximum absolute atomic E-state index is 6.40. The first kappa shape index (κ1) is 19.9. The predicted molar refractivity (Wildman–Crippen MR) is 97.7 cm³/mol. The molecular formula is C14H19Cl3N6. The average Bonchev–Trinajstić information content (AvgIpc) is 2.97. The van der Waals surface area contributed by atoms with E-state index < -0.39 is 0 Å². The first-order chi connectivity index (χ1) is 10.1. The molecule has 3 aromatic rings. The van der Waals surface area contributed by atoms with E-state index >= 15 is 0 Å². The molecule has 0 aliphatic heterocycles. The Hall–Kier alpha value is -1.18. The zero-order chi connectivity index (χ0) is 15.0. The summed E-state index contributed by atoms with van der Waals surface area (Å²) in [7, 11) is 0. The van der Waals surface area contributed by atoms with Gasteiger partial charge in [-0.2, -0.15) is 0 Å². The number of aryl methyl sites for hydroxylation is 1. The Morgan fingerprint density at radius 2 is 2.04 bits per heavy atom. The van der Waals surface area contributed by atoms with Crippen molar-refractivity contribution in [3.05, 3.63) is 34.7 Å². The zero-order valence-electron chi connectivity index (χ0n) is 12.6. The summed E-state index contributed by atoms with van der Waals surface area (Å²) in [5.41, 5.74) is 15.8. The number of benzene rings is 1. The second-order valence-corrected chi connectivity index (χ2v) is 5.50. The summed E-state index contributed by atoms with van der Waals surface area (Å²) in [5.74, 6) is 0. The quantitative estimate of drug-likeness (QED) is 0.729. The lowest BCUT2D eigenvalue weighted by Crippen LogP contribution is -2.16. The fraction of sp³-hybridized carbons (Fsp3) is 0.357. The topological polar surface area (TPSA) is 95.1 Å². The van der Waals surface area contributed by atoms with Crippen molar-refractivity contribution in [2.24, 2.45) is 11.5 Å². The largest absolute Gasteiger partial charge is 0.330 e. The molecule has 23 heavy (non-hydrogen) atoms. The zero-order valence-corrected chi connectivity index (χ0v) is 15.0. The lowest BCUT2D eigenvalue weighted by Gasteiger charge is -2.14. The van der Waals surface area contributed by atoms with Crippen LogP contribution in [0.4, 0.5) is 0 Å². The van der Waals surface area contributed by atoms with Crippen LogP contribution in [0.1, 0.15) is 30.1 Å². The lowest BCUT2D eigenvalue weighted by molar-refractivity contribution is 0.606. The van der Waals surface area contributed by atoms with Crippen molar-refractivity contribution in [2.45, 2.75) is 25.8 Å². The Kier molecular flexibility index (Phi) is 6.98. The fourth-order valence-corrected chi connectivity index (χ4v) is 2.64. The van der Waals surface area contributed by atoms with Crippen LogP contribution in [0, 0.1) is 6.92 Å². The Morgan fingerprint density at radius 3 is 2.74 bits per heavy atom. The van der Waals surface area contributed by atoms with Gasteiger partial charge in [-0.05, 0) is 37.9 Å². The first-order valence-corrected chi connectivity index (χ1v) is 7.25. The SMILES string of the molecule is Cc1ccc2c(nc(C(N)CCCN)c3nncn32)c1Cl.Cl.Cl. The molecule has 0 aliphatic carbocycles. The highest BCUT2D eigenvalue weighted by atomic mass is 35.5. The summed E-state index contributed by atoms with van der Waals surface area (Å²) in [4.78, 5) is 4.67. The van der Waals surface area contributed by atoms with Crippen LogP contribution in [-0.4, -0.2) is 26.1 Å². The minimum absolute atomic E-state index is 0. The molecule has 1 aromatic carbocycles. The summed E-state index contributed by atoms with van der Waals surface area (Å²) in [6, 6.07) is 3.69. The van der Waals surface area contributed by atoms with Gasteiger partial charge in [-0.3, -0.25) is 4.40 Å². The van der Waals surface area contributed by atoms with Gasteiger partial charge in [0.05, 0.1) is 16.6 Å². The van der Waals surface area contributed by atoms with E-state index in [1.54, 1.807) is 6.33 Å². The molecule has 2 heterocycles. The standard InChI is InChI=1S/C14H17ClN6.2ClH/c1-8-4-5-10-13(11(8)15)19-12(9(17)3-2-6-16)14-20-18-7-21(10)14;;/h4-5,7,9H,2-3,6,16-17H2,1H3;2*1H. The number of hydrogen-bond acceptors (Lipinski definition) is 5. The van der Waals surface area contributed by atoms with Crippen LogP contribution in [0.3, 0.4) is 0 Å². The summed E-state index contributed by atoms with van der Waals surface area (Å²) in [6.45, 7) is 2.55. The molecule has 0 aliphatic rings. The van der Waals surface area contributed by atoms with Gasteiger partial charge in [0.25, 0.3) is 0 Å². The molecule has 0 saturated heterocycles. The van der Waals surface area contributed by atoms with Crippen LogP contribution >= 0.6 is 36.4 Å². The van der Waals surface area contributed by atoms with E-state index in [1.807, 2.05) is 23.5 Å². The Balaban J connectivity index is 0.00000132. The first-order valence-electron chi connectivity index (χ1n) is 6.87. The molecule has 0 spiro atoms. The number of hydrogen-bond donors (Lipinski definition) is 2. The van der Waals surface area contributed by atoms with Gasteiger partial charge in [-0.15, -0.1) is 35.0 Å². The molecule has 0 saturated carbocycles. The molecule has 6 nitrogen and oxygen atoms in total. The second-order valence-electron chi connectivity index (χ2n) is 5.12. The molecule has 0 fully saturated rings. The Morgan fingerprint density at radius 1 is 1.30 bits per heavy atom. The van der Waals surface area contributed by atoms with Crippen LogP contribution in [-0.2, 0) is 0 Å². The predicted octanol–water partition coefficient (Wildman–Crippen LogP) is 2.82. The van der Waals surface area contributed by atoms with Gasteiger partial charge in [-0.1, -0.05) is 17.7 Å². The number of nitrogens with two attached hydrogens (primary N) is 2. The number of aromatic nitrogens is 4. The van der Waals surface area contributed by atoms with Crippen molar-refractivity contribution in [2.75, 3.05) is 6.54 Å². The van der Waals surface area contributed by atoms with E-state index in [2.05, 4.69) is 15.2 Å². The smallest absolute Gasteiger partial charge is 0.184 e. The van der Waals surface area contributed by atoms with Crippen LogP contribution in [0.2, 0.25) is 5.02 Å². The monoisotopic (exact) mass is 376 g/mol. The highest BCUT2D eigenvalue weighted by molar-refractivity contribution is 6.35. The van der Waals surface area contributed by atoms with Crippen LogP contribution in [0.15, 0.2) is 18.5 Å². The molecule has 0 bridgehead atoms. The summed E-state index contributed by atoms with van der Waals surface area (Å²) >= 11 is 6.40. The molecule has 9 heteroatoms. The third kappa shape index (κ3) is 3.51. The van der Waals surface area contributed by atoms with Gasteiger partial charge >= 0.3 is 0 Å². The molecule has 1 unspecified atom stereocenters. The lowest BCUT2D eigenvalue weighted by atomic mass is 10.1. The number of rotatable bonds is 4. The van der Waals surface area contributed by atoms with E-state index in [1.165, 1.54) is 0 Å². The van der Waals surface area contributed by atoms with Crippen molar-refractivity contribution in [1.82, 2.24) is 19.6 Å². The minimum Gasteiger partial charge on any atom is -0.330 e. The fourth-order valence-electron chi connectivity index (χ4n) is 2.44. The van der Waals surface area contributed by atoms with Crippen LogP contribution < -0.4 is 11.5 Å². The minimum atomic E-state index is -0.235. The third-order valence-corrected chi connectivity index (χ3v) is 4.10. The number of fused-ring (bicyclic) bond motifs is 3. The maximum atomic E-state index is 6.40. The van der Waals surface area contributed by atoms with Gasteiger partial charge in [0.1, 0.15) is 17.5 Å². The van der Waals surface area contributed by atoms with Crippen molar-refractivity contribution in [3.63, 3.8) is 0 Å². The molecule has 1 atom stereocenters. The Labute approximate surface area is 151 Å². The molecule has 0 radical (unpaired) electrons. The van der Waals surface area contributed by atoms with E-state index in [0.717, 1.165) is 29.4 Å². The van der Waals surface area contributed by atoms with Gasteiger partial charge in [0.15, 0.2) is 5.65 Å². The van der Waals surface area contributed by atoms with Crippen molar-refractivity contribution >= 4 is 53.1 Å². The summed E-state index contributed by atoms with van der Waals surface area (Å²) in [6.07, 6.45) is 3.24. The van der Waals surface area contributed by atoms with Gasteiger partial charge in [-0.25, -0.2) is 4.98 Å². The highest BCUT2D eigenvalue weighted by Gasteiger charge is 2.18. The number of nitrogens with zero attached hydrogens (tertiary/aromatic N) is 4. The number of halogens is 3. The van der Waals surface area contributed by atoms with E-state index in [9.17, 15) is 0 Å². The van der Waals surface area contributed by atoms with E-state index in [0.29, 0.717) is 22.9 Å². The third-order valence-electron chi connectivity index (χ3n) is 3.63. The Bertz CT molecular complexity index is 804. The second kappa shape index (κ2) is 8.08. The van der Waals surface area contributed by atoms with Crippen LogP contribution in [0.25, 0.3) is 16.7 Å². The van der Waals surface area contributed by atoms with E-state index in [-0.39, 0.29) is 30.9 Å². The van der Waals surface area contributed by atoms with Gasteiger partial charge in [0, 0.05) is 0 Å². The maximum Gasteiger partial charge on any atom is 0.184 e.